The Hall–Kier alpha value is -1.74. The highest BCUT2D eigenvalue weighted by Gasteiger charge is 2.39. The quantitative estimate of drug-likeness (QED) is 0.478. The molecule has 4 rings (SSSR count). The van der Waals surface area contributed by atoms with Crippen molar-refractivity contribution in [1.29, 1.82) is 0 Å². The Balaban J connectivity index is 1.80. The topological polar surface area (TPSA) is 0 Å². The lowest BCUT2D eigenvalue weighted by atomic mass is 10.1. The van der Waals surface area contributed by atoms with Crippen LogP contribution in [0.3, 0.4) is 0 Å². The van der Waals surface area contributed by atoms with Crippen LogP contribution in [-0.4, -0.2) is 0 Å². The molecular weight excluding hydrogens is 314 g/mol. The second-order valence-electron chi connectivity index (χ2n) is 5.89. The van der Waals surface area contributed by atoms with Gasteiger partial charge in [-0.1, -0.05) is 68.9 Å². The summed E-state index contributed by atoms with van der Waals surface area (Å²) in [6, 6.07) is 24.2. The molecule has 2 heterocycles. The predicted octanol–water partition coefficient (Wildman–Crippen LogP) is 6.53. The van der Waals surface area contributed by atoms with Gasteiger partial charge in [0.25, 0.3) is 0 Å². The van der Waals surface area contributed by atoms with Crippen molar-refractivity contribution < 1.29 is 0 Å². The number of aryl methyl sites for hydroxylation is 2. The average molecular weight is 332 g/mol. The van der Waals surface area contributed by atoms with Crippen molar-refractivity contribution in [3.63, 3.8) is 0 Å². The first-order valence-electron chi connectivity index (χ1n) is 7.84. The van der Waals surface area contributed by atoms with Crippen molar-refractivity contribution in [2.24, 2.45) is 0 Å². The van der Waals surface area contributed by atoms with Gasteiger partial charge in [0.2, 0.25) is 0 Å². The Morgan fingerprint density at radius 1 is 0.696 bits per heavy atom. The van der Waals surface area contributed by atoms with Crippen LogP contribution in [0.2, 0.25) is 0 Å². The molecule has 0 N–H and O–H groups in total. The van der Waals surface area contributed by atoms with Crippen LogP contribution >= 0.6 is 16.1 Å². The van der Waals surface area contributed by atoms with Crippen LogP contribution in [0.4, 0.5) is 0 Å². The fourth-order valence-corrected chi connectivity index (χ4v) is 7.22. The van der Waals surface area contributed by atoms with E-state index in [2.05, 4.69) is 86.4 Å². The average Bonchev–Trinajstić information content (AvgIpc) is 3.34. The van der Waals surface area contributed by atoms with Gasteiger partial charge in [0.1, 0.15) is 0 Å². The van der Waals surface area contributed by atoms with E-state index in [0.29, 0.717) is 0 Å². The molecule has 1 aliphatic rings. The van der Waals surface area contributed by atoms with Gasteiger partial charge in [-0.25, -0.2) is 0 Å². The molecule has 0 atom stereocenters. The van der Waals surface area contributed by atoms with Crippen LogP contribution in [0.5, 0.6) is 0 Å². The first-order chi connectivity index (χ1) is 11.3. The lowest BCUT2D eigenvalue weighted by Crippen LogP contribution is -1.92. The second-order valence-corrected chi connectivity index (χ2v) is 9.29. The van der Waals surface area contributed by atoms with Crippen LogP contribution < -0.4 is 5.04 Å². The first-order valence-corrected chi connectivity index (χ1v) is 10.1. The van der Waals surface area contributed by atoms with E-state index in [0.717, 1.165) is 0 Å². The maximum atomic E-state index is 2.42. The zero-order valence-corrected chi connectivity index (χ0v) is 15.1. The summed E-state index contributed by atoms with van der Waals surface area (Å²) in [7, 11) is 1.09. The van der Waals surface area contributed by atoms with E-state index in [-0.39, 0.29) is 7.92 Å². The zero-order chi connectivity index (χ0) is 15.8. The highest BCUT2D eigenvalue weighted by atomic mass is 31.2. The Labute approximate surface area is 140 Å². The third-order valence-electron chi connectivity index (χ3n) is 4.30. The van der Waals surface area contributed by atoms with E-state index in [1.54, 1.807) is 15.7 Å². The van der Waals surface area contributed by atoms with Crippen molar-refractivity contribution in [3.05, 3.63) is 94.8 Å². The van der Waals surface area contributed by atoms with E-state index in [4.69, 9.17) is 0 Å². The number of hydrogen-bond donors (Lipinski definition) is 0. The molecule has 0 spiro atoms. The van der Waals surface area contributed by atoms with Crippen LogP contribution in [-0.2, 0) is 0 Å². The minimum absolute atomic E-state index is 0.277. The minimum Gasteiger partial charge on any atom is -0.0670 e. The smallest absolute Gasteiger partial charge is 0.0124 e. The fourth-order valence-electron chi connectivity index (χ4n) is 2.85. The molecule has 23 heavy (non-hydrogen) atoms. The van der Waals surface area contributed by atoms with E-state index < -0.39 is 0 Å². The lowest BCUT2D eigenvalue weighted by molar-refractivity contribution is 1.38. The summed E-state index contributed by atoms with van der Waals surface area (Å²) in [6.45, 7) is 4.43. The van der Waals surface area contributed by atoms with E-state index in [1.807, 2.05) is 0 Å². The summed E-state index contributed by atoms with van der Waals surface area (Å²) in [5.74, 6) is 2.36. The van der Waals surface area contributed by atoms with Gasteiger partial charge >= 0.3 is 0 Å². The molecule has 0 saturated heterocycles. The highest BCUT2D eigenvalue weighted by molar-refractivity contribution is 7.98. The van der Waals surface area contributed by atoms with Gasteiger partial charge in [0.15, 0.2) is 0 Å². The molecule has 0 saturated carbocycles. The maximum Gasteiger partial charge on any atom is 0.0124 e. The summed E-state index contributed by atoms with van der Waals surface area (Å²) in [4.78, 5) is 0. The molecule has 0 nitrogen and oxygen atoms in total. The van der Waals surface area contributed by atoms with Crippen molar-refractivity contribution >= 4 is 31.8 Å². The van der Waals surface area contributed by atoms with E-state index >= 15 is 0 Å². The second kappa shape index (κ2) is 6.04. The third kappa shape index (κ3) is 2.78. The highest BCUT2D eigenvalue weighted by Crippen LogP contribution is 2.78. The number of benzene rings is 2. The first kappa shape index (κ1) is 14.8. The van der Waals surface area contributed by atoms with E-state index in [9.17, 15) is 0 Å². The van der Waals surface area contributed by atoms with Crippen LogP contribution in [0, 0.1) is 13.8 Å². The molecule has 0 aliphatic carbocycles. The Morgan fingerprint density at radius 3 is 1.70 bits per heavy atom. The van der Waals surface area contributed by atoms with Gasteiger partial charge in [0, 0.05) is 15.7 Å². The van der Waals surface area contributed by atoms with Crippen LogP contribution in [0.15, 0.2) is 72.5 Å². The molecule has 112 valence electrons. The Bertz CT molecular complexity index is 831. The summed E-state index contributed by atoms with van der Waals surface area (Å²) < 4.78 is 0. The SMILES string of the molecule is Cc1cpc(P2C(c3ccccc3)=C2c2ccccc2)cc1C. The van der Waals surface area contributed by atoms with Crippen LogP contribution in [0.1, 0.15) is 22.3 Å². The standard InChI is InChI=1S/C21H18P2/c1-15-13-19(22-14-16(15)2)23-20(17-9-5-3-6-10-17)21(23)18-11-7-4-8-12-18/h3-14H,1-2H3. The summed E-state index contributed by atoms with van der Waals surface area (Å²) in [5.41, 5.74) is 5.60. The van der Waals surface area contributed by atoms with Gasteiger partial charge in [-0.2, -0.15) is 0 Å². The van der Waals surface area contributed by atoms with Crippen molar-refractivity contribution in [2.75, 3.05) is 0 Å². The van der Waals surface area contributed by atoms with Gasteiger partial charge in [0.05, 0.1) is 0 Å². The predicted molar refractivity (Wildman–Crippen MR) is 105 cm³/mol. The van der Waals surface area contributed by atoms with Gasteiger partial charge in [-0.05, 0) is 55.9 Å². The monoisotopic (exact) mass is 332 g/mol. The molecule has 1 aromatic heterocycles. The zero-order valence-electron chi connectivity index (χ0n) is 13.3. The van der Waals surface area contributed by atoms with Crippen LogP contribution in [0.25, 0.3) is 10.6 Å². The van der Waals surface area contributed by atoms with Gasteiger partial charge in [-0.15, -0.1) is 0 Å². The molecule has 0 radical (unpaired) electrons. The molecule has 1 aliphatic heterocycles. The molecular formula is C21H18P2. The number of hydrogen-bond acceptors (Lipinski definition) is 0. The third-order valence-corrected chi connectivity index (χ3v) is 8.38. The normalized spacial score (nSPS) is 14.5. The Kier molecular flexibility index (Phi) is 3.90. The van der Waals surface area contributed by atoms with Crippen molar-refractivity contribution in [1.82, 2.24) is 0 Å². The molecule has 0 bridgehead atoms. The lowest BCUT2D eigenvalue weighted by Gasteiger charge is -2.06. The molecule has 0 unspecified atom stereocenters. The van der Waals surface area contributed by atoms with Crippen molar-refractivity contribution in [3.8, 4) is 0 Å². The Morgan fingerprint density at radius 2 is 1.22 bits per heavy atom. The molecule has 2 heteroatoms. The molecule has 0 amide bonds. The molecule has 0 fully saturated rings. The minimum atomic E-state index is -0.277. The maximum absolute atomic E-state index is 2.42. The fraction of sp³-hybridized carbons (Fsp3) is 0.0952. The molecule has 2 aromatic carbocycles. The van der Waals surface area contributed by atoms with Gasteiger partial charge in [-0.3, -0.25) is 0 Å². The largest absolute Gasteiger partial charge is 0.0670 e. The number of rotatable bonds is 3. The summed E-state index contributed by atoms with van der Waals surface area (Å²) in [6.07, 6.45) is 0. The van der Waals surface area contributed by atoms with Crippen molar-refractivity contribution in [2.45, 2.75) is 13.8 Å². The molecule has 3 aromatic rings. The summed E-state index contributed by atoms with van der Waals surface area (Å²) >= 11 is 0. The van der Waals surface area contributed by atoms with E-state index in [1.165, 1.54) is 30.4 Å². The summed E-state index contributed by atoms with van der Waals surface area (Å²) in [5, 5.41) is 4.69. The van der Waals surface area contributed by atoms with Gasteiger partial charge < -0.3 is 0 Å².